The summed E-state index contributed by atoms with van der Waals surface area (Å²) in [6, 6.07) is 0. The van der Waals surface area contributed by atoms with Gasteiger partial charge in [-0.15, -0.1) is 0 Å². The first-order valence-corrected chi connectivity index (χ1v) is 6.88. The largest absolute Gasteiger partial charge is 0.469 e. The second-order valence-electron chi connectivity index (χ2n) is 3.34. The molecule has 0 aliphatic heterocycles. The van der Waals surface area contributed by atoms with E-state index in [0.717, 1.165) is 16.7 Å². The molecule has 1 aromatic rings. The first-order valence-electron chi connectivity index (χ1n) is 5.75. The van der Waals surface area contributed by atoms with E-state index in [1.807, 2.05) is 32.4 Å². The summed E-state index contributed by atoms with van der Waals surface area (Å²) in [5.41, 5.74) is 3.31. The number of halogens is 1. The van der Waals surface area contributed by atoms with Gasteiger partial charge in [-0.2, -0.15) is 5.10 Å². The van der Waals surface area contributed by atoms with Gasteiger partial charge < -0.3 is 4.74 Å². The van der Waals surface area contributed by atoms with Gasteiger partial charge in [0.1, 0.15) is 0 Å². The topological polar surface area (TPSA) is 44.1 Å². The Morgan fingerprint density at radius 1 is 1.41 bits per heavy atom. The molecular weight excluding hydrogens is 284 g/mol. The zero-order valence-electron chi connectivity index (χ0n) is 11.2. The summed E-state index contributed by atoms with van der Waals surface area (Å²) in [6.45, 7) is 8.62. The predicted molar refractivity (Wildman–Crippen MR) is 72.3 cm³/mol. The van der Waals surface area contributed by atoms with Gasteiger partial charge in [0.25, 0.3) is 0 Å². The van der Waals surface area contributed by atoms with Crippen molar-refractivity contribution in [3.63, 3.8) is 0 Å². The van der Waals surface area contributed by atoms with E-state index in [-0.39, 0.29) is 5.97 Å². The molecule has 5 heteroatoms. The number of methoxy groups -OCH3 is 1. The van der Waals surface area contributed by atoms with Crippen LogP contribution in [0, 0.1) is 13.8 Å². The lowest BCUT2D eigenvalue weighted by Gasteiger charge is -2.03. The number of rotatable bonds is 4. The smallest absolute Gasteiger partial charge is 0.307 e. The highest BCUT2D eigenvalue weighted by atomic mass is 79.9. The molecule has 0 saturated carbocycles. The van der Waals surface area contributed by atoms with Crippen LogP contribution in [-0.4, -0.2) is 22.9 Å². The SMILES string of the molecule is CC.COC(=O)CCn1nc(CBr)c(C)c1C. The molecule has 1 heterocycles. The minimum absolute atomic E-state index is 0.206. The number of esters is 1. The Hall–Kier alpha value is -0.840. The molecule has 0 bridgehead atoms. The van der Waals surface area contributed by atoms with E-state index >= 15 is 0 Å². The zero-order chi connectivity index (χ0) is 13.4. The second-order valence-corrected chi connectivity index (χ2v) is 3.90. The van der Waals surface area contributed by atoms with Gasteiger partial charge in [-0.05, 0) is 19.4 Å². The van der Waals surface area contributed by atoms with Crippen LogP contribution in [0.1, 0.15) is 37.2 Å². The Kier molecular flexibility index (Phi) is 7.87. The van der Waals surface area contributed by atoms with Crippen LogP contribution in [0.3, 0.4) is 0 Å². The maximum Gasteiger partial charge on any atom is 0.307 e. The van der Waals surface area contributed by atoms with Crippen molar-refractivity contribution >= 4 is 21.9 Å². The lowest BCUT2D eigenvalue weighted by molar-refractivity contribution is -0.140. The second kappa shape index (κ2) is 8.28. The van der Waals surface area contributed by atoms with Crippen LogP contribution in [0.2, 0.25) is 0 Å². The number of carbonyl (C=O) groups is 1. The number of aromatic nitrogens is 2. The fourth-order valence-electron chi connectivity index (χ4n) is 1.34. The summed E-state index contributed by atoms with van der Waals surface area (Å²) in [5.74, 6) is -0.206. The van der Waals surface area contributed by atoms with Gasteiger partial charge in [0.2, 0.25) is 0 Å². The Bertz CT molecular complexity index is 362. The van der Waals surface area contributed by atoms with E-state index in [2.05, 4.69) is 25.8 Å². The van der Waals surface area contributed by atoms with Crippen LogP contribution in [0.25, 0.3) is 0 Å². The first-order chi connectivity index (χ1) is 8.10. The molecule has 4 nitrogen and oxygen atoms in total. The van der Waals surface area contributed by atoms with Crippen LogP contribution < -0.4 is 0 Å². The van der Waals surface area contributed by atoms with Crippen molar-refractivity contribution in [3.05, 3.63) is 17.0 Å². The average molecular weight is 305 g/mol. The summed E-state index contributed by atoms with van der Waals surface area (Å²) in [5, 5.41) is 5.14. The minimum Gasteiger partial charge on any atom is -0.469 e. The highest BCUT2D eigenvalue weighted by Gasteiger charge is 2.10. The van der Waals surface area contributed by atoms with Gasteiger partial charge in [0.05, 0.1) is 25.8 Å². The fourth-order valence-corrected chi connectivity index (χ4v) is 1.87. The molecule has 0 N–H and O–H groups in total. The molecule has 0 aliphatic rings. The van der Waals surface area contributed by atoms with Crippen molar-refractivity contribution in [1.82, 2.24) is 9.78 Å². The van der Waals surface area contributed by atoms with E-state index in [1.165, 1.54) is 12.7 Å². The number of aryl methyl sites for hydroxylation is 1. The molecule has 0 aromatic carbocycles. The molecule has 0 amide bonds. The van der Waals surface area contributed by atoms with E-state index in [0.29, 0.717) is 13.0 Å². The molecule has 98 valence electrons. The van der Waals surface area contributed by atoms with Crippen LogP contribution >= 0.6 is 15.9 Å². The number of hydrogen-bond acceptors (Lipinski definition) is 3. The summed E-state index contributed by atoms with van der Waals surface area (Å²) in [4.78, 5) is 11.0. The normalized spacial score (nSPS) is 9.53. The Labute approximate surface area is 111 Å². The molecule has 0 aliphatic carbocycles. The molecule has 1 aromatic heterocycles. The number of alkyl halides is 1. The molecule has 0 atom stereocenters. The molecule has 17 heavy (non-hydrogen) atoms. The van der Waals surface area contributed by atoms with Crippen molar-refractivity contribution in [2.75, 3.05) is 7.11 Å². The van der Waals surface area contributed by atoms with Gasteiger partial charge >= 0.3 is 5.97 Å². The molecule has 0 fully saturated rings. The van der Waals surface area contributed by atoms with E-state index in [1.54, 1.807) is 0 Å². The molecule has 0 saturated heterocycles. The van der Waals surface area contributed by atoms with Crippen molar-refractivity contribution in [2.45, 2.75) is 46.0 Å². The van der Waals surface area contributed by atoms with Gasteiger partial charge in [0.15, 0.2) is 0 Å². The molecule has 0 spiro atoms. The van der Waals surface area contributed by atoms with E-state index < -0.39 is 0 Å². The Balaban J connectivity index is 0.00000121. The number of ether oxygens (including phenoxy) is 1. The standard InChI is InChI=1S/C10H15BrN2O2.C2H6/c1-7-8(2)13(12-9(7)6-11)5-4-10(14)15-3;1-2/h4-6H2,1-3H3;1-2H3. The van der Waals surface area contributed by atoms with Crippen molar-refractivity contribution < 1.29 is 9.53 Å². The molecule has 0 unspecified atom stereocenters. The molecule has 1 rings (SSSR count). The van der Waals surface area contributed by atoms with Crippen molar-refractivity contribution in [2.24, 2.45) is 0 Å². The summed E-state index contributed by atoms with van der Waals surface area (Å²) in [6.07, 6.45) is 0.361. The van der Waals surface area contributed by atoms with Crippen LogP contribution in [-0.2, 0) is 21.4 Å². The minimum atomic E-state index is -0.206. The third kappa shape index (κ3) is 4.50. The third-order valence-corrected chi connectivity index (χ3v) is 3.02. The predicted octanol–water partition coefficient (Wildman–Crippen LogP) is 2.98. The third-order valence-electron chi connectivity index (χ3n) is 2.49. The van der Waals surface area contributed by atoms with E-state index in [9.17, 15) is 4.79 Å². The number of nitrogens with zero attached hydrogens (tertiary/aromatic N) is 2. The van der Waals surface area contributed by atoms with Crippen molar-refractivity contribution in [3.8, 4) is 0 Å². The molecular formula is C12H21BrN2O2. The summed E-state index contributed by atoms with van der Waals surface area (Å²) < 4.78 is 6.44. The Morgan fingerprint density at radius 2 is 2.00 bits per heavy atom. The van der Waals surface area contributed by atoms with Gasteiger partial charge in [-0.25, -0.2) is 0 Å². The quantitative estimate of drug-likeness (QED) is 0.634. The van der Waals surface area contributed by atoms with Gasteiger partial charge in [-0.1, -0.05) is 29.8 Å². The van der Waals surface area contributed by atoms with Crippen LogP contribution in [0.4, 0.5) is 0 Å². The lowest BCUT2D eigenvalue weighted by Crippen LogP contribution is -2.09. The fraction of sp³-hybridized carbons (Fsp3) is 0.667. The average Bonchev–Trinajstić information content (AvgIpc) is 2.65. The molecule has 0 radical (unpaired) electrons. The van der Waals surface area contributed by atoms with Crippen LogP contribution in [0.5, 0.6) is 0 Å². The number of carbonyl (C=O) groups excluding carboxylic acids is 1. The van der Waals surface area contributed by atoms with E-state index in [4.69, 9.17) is 0 Å². The maximum absolute atomic E-state index is 11.0. The summed E-state index contributed by atoms with van der Waals surface area (Å²) >= 11 is 3.38. The highest BCUT2D eigenvalue weighted by Crippen LogP contribution is 2.15. The van der Waals surface area contributed by atoms with Gasteiger partial charge in [0, 0.05) is 11.0 Å². The Morgan fingerprint density at radius 3 is 2.41 bits per heavy atom. The lowest BCUT2D eigenvalue weighted by atomic mass is 10.2. The maximum atomic E-state index is 11.0. The summed E-state index contributed by atoms with van der Waals surface area (Å²) in [7, 11) is 1.40. The number of hydrogen-bond donors (Lipinski definition) is 0. The van der Waals surface area contributed by atoms with Crippen molar-refractivity contribution in [1.29, 1.82) is 0 Å². The first kappa shape index (κ1) is 16.2. The monoisotopic (exact) mass is 304 g/mol. The van der Waals surface area contributed by atoms with Crippen LogP contribution in [0.15, 0.2) is 0 Å². The zero-order valence-corrected chi connectivity index (χ0v) is 12.8. The van der Waals surface area contributed by atoms with Gasteiger partial charge in [-0.3, -0.25) is 9.48 Å². The highest BCUT2D eigenvalue weighted by molar-refractivity contribution is 9.08.